The summed E-state index contributed by atoms with van der Waals surface area (Å²) < 4.78 is 24.4. The van der Waals surface area contributed by atoms with Gasteiger partial charge in [-0.25, -0.2) is 4.39 Å². The van der Waals surface area contributed by atoms with Crippen LogP contribution in [0.2, 0.25) is 0 Å². The molecule has 0 aromatic heterocycles. The largest absolute Gasteiger partial charge is 0.486 e. The zero-order valence-corrected chi connectivity index (χ0v) is 15.1. The van der Waals surface area contributed by atoms with Crippen LogP contribution in [0.5, 0.6) is 11.5 Å². The Morgan fingerprint density at radius 3 is 2.56 bits per heavy atom. The molecular weight excluding hydrogens is 345 g/mol. The Hall–Kier alpha value is -2.56. The van der Waals surface area contributed by atoms with Gasteiger partial charge in [0.1, 0.15) is 19.0 Å². The fourth-order valence-corrected chi connectivity index (χ4v) is 4.40. The van der Waals surface area contributed by atoms with Gasteiger partial charge in [0.2, 0.25) is 5.91 Å². The number of amides is 1. The number of halogens is 1. The summed E-state index contributed by atoms with van der Waals surface area (Å²) >= 11 is 0. The molecule has 2 heterocycles. The van der Waals surface area contributed by atoms with Gasteiger partial charge in [0.15, 0.2) is 11.5 Å². The number of rotatable bonds is 3. The van der Waals surface area contributed by atoms with Crippen molar-refractivity contribution >= 4 is 5.91 Å². The van der Waals surface area contributed by atoms with E-state index in [0.29, 0.717) is 13.2 Å². The van der Waals surface area contributed by atoms with Gasteiger partial charge in [-0.05, 0) is 60.6 Å². The lowest BCUT2D eigenvalue weighted by molar-refractivity contribution is -0.133. The Bertz CT molecular complexity index is 866. The van der Waals surface area contributed by atoms with Crippen molar-refractivity contribution in [1.82, 2.24) is 4.90 Å². The van der Waals surface area contributed by atoms with Crippen LogP contribution in [0.25, 0.3) is 0 Å². The minimum absolute atomic E-state index is 0.0215. The van der Waals surface area contributed by atoms with Gasteiger partial charge in [-0.2, -0.15) is 0 Å². The summed E-state index contributed by atoms with van der Waals surface area (Å²) in [6.07, 6.45) is 2.84. The average molecular weight is 367 g/mol. The first-order valence-electron chi connectivity index (χ1n) is 9.66. The molecule has 0 spiro atoms. The number of likely N-dealkylation sites (tertiary alicyclic amines) is 1. The molecular formula is C22H22FNO3. The molecule has 5 heteroatoms. The Labute approximate surface area is 157 Å². The lowest BCUT2D eigenvalue weighted by atomic mass is 10.0. The highest BCUT2D eigenvalue weighted by molar-refractivity contribution is 5.83. The maximum absolute atomic E-state index is 13.1. The van der Waals surface area contributed by atoms with Crippen molar-refractivity contribution in [2.75, 3.05) is 19.8 Å². The standard InChI is InChI=1S/C22H22FNO3/c23-16-6-3-14(4-7-16)17-13-18(17)22(25)24-9-1-2-19(24)15-5-8-20-21(12-15)27-11-10-26-20/h3-8,12,17-19H,1-2,9-11,13H2. The number of carbonyl (C=O) groups is 1. The predicted molar refractivity (Wildman–Crippen MR) is 98.4 cm³/mol. The van der Waals surface area contributed by atoms with Crippen LogP contribution < -0.4 is 9.47 Å². The van der Waals surface area contributed by atoms with Crippen LogP contribution in [0.4, 0.5) is 4.39 Å². The molecule has 2 aliphatic heterocycles. The lowest BCUT2D eigenvalue weighted by Crippen LogP contribution is -2.32. The van der Waals surface area contributed by atoms with E-state index in [0.717, 1.165) is 48.4 Å². The van der Waals surface area contributed by atoms with Crippen molar-refractivity contribution < 1.29 is 18.7 Å². The van der Waals surface area contributed by atoms with E-state index in [-0.39, 0.29) is 29.6 Å². The Kier molecular flexibility index (Phi) is 4.03. The molecule has 3 aliphatic rings. The van der Waals surface area contributed by atoms with Crippen LogP contribution in [0.15, 0.2) is 42.5 Å². The molecule has 3 atom stereocenters. The third kappa shape index (κ3) is 3.05. The van der Waals surface area contributed by atoms with E-state index in [9.17, 15) is 9.18 Å². The minimum atomic E-state index is -0.236. The Morgan fingerprint density at radius 2 is 1.74 bits per heavy atom. The molecule has 3 unspecified atom stereocenters. The highest BCUT2D eigenvalue weighted by atomic mass is 19.1. The van der Waals surface area contributed by atoms with E-state index in [2.05, 4.69) is 0 Å². The highest BCUT2D eigenvalue weighted by Crippen LogP contribution is 2.50. The summed E-state index contributed by atoms with van der Waals surface area (Å²) in [6, 6.07) is 12.7. The number of ether oxygens (including phenoxy) is 2. The number of hydrogen-bond donors (Lipinski definition) is 0. The number of fused-ring (bicyclic) bond motifs is 1. The zero-order valence-electron chi connectivity index (χ0n) is 15.1. The average Bonchev–Trinajstić information content (AvgIpc) is 3.35. The molecule has 2 aromatic rings. The topological polar surface area (TPSA) is 38.8 Å². The van der Waals surface area contributed by atoms with Gasteiger partial charge in [-0.1, -0.05) is 18.2 Å². The molecule has 2 aromatic carbocycles. The Balaban J connectivity index is 1.33. The van der Waals surface area contributed by atoms with E-state index in [4.69, 9.17) is 9.47 Å². The van der Waals surface area contributed by atoms with Gasteiger partial charge in [0.25, 0.3) is 0 Å². The van der Waals surface area contributed by atoms with Gasteiger partial charge < -0.3 is 14.4 Å². The third-order valence-corrected chi connectivity index (χ3v) is 5.89. The molecule has 2 fully saturated rings. The van der Waals surface area contributed by atoms with Crippen molar-refractivity contribution in [1.29, 1.82) is 0 Å². The fraction of sp³-hybridized carbons (Fsp3) is 0.409. The number of hydrogen-bond acceptors (Lipinski definition) is 3. The molecule has 4 nitrogen and oxygen atoms in total. The summed E-state index contributed by atoms with van der Waals surface area (Å²) in [5, 5.41) is 0. The molecule has 1 aliphatic carbocycles. The number of benzene rings is 2. The van der Waals surface area contributed by atoms with Crippen molar-refractivity contribution in [3.8, 4) is 11.5 Å². The number of carbonyl (C=O) groups excluding carboxylic acids is 1. The van der Waals surface area contributed by atoms with Gasteiger partial charge in [-0.3, -0.25) is 4.79 Å². The first-order chi connectivity index (χ1) is 13.2. The summed E-state index contributed by atoms with van der Waals surface area (Å²) in [6.45, 7) is 1.93. The molecule has 0 N–H and O–H groups in total. The molecule has 1 amide bonds. The van der Waals surface area contributed by atoms with Gasteiger partial charge in [0.05, 0.1) is 6.04 Å². The molecule has 5 rings (SSSR count). The first kappa shape index (κ1) is 16.6. The summed E-state index contributed by atoms with van der Waals surface area (Å²) in [7, 11) is 0. The third-order valence-electron chi connectivity index (χ3n) is 5.89. The van der Waals surface area contributed by atoms with E-state index in [1.165, 1.54) is 12.1 Å². The highest BCUT2D eigenvalue weighted by Gasteiger charge is 2.47. The van der Waals surface area contributed by atoms with Crippen LogP contribution in [-0.2, 0) is 4.79 Å². The molecule has 27 heavy (non-hydrogen) atoms. The van der Waals surface area contributed by atoms with Gasteiger partial charge in [-0.15, -0.1) is 0 Å². The van der Waals surface area contributed by atoms with Crippen LogP contribution in [0.1, 0.15) is 42.3 Å². The van der Waals surface area contributed by atoms with Crippen molar-refractivity contribution in [2.24, 2.45) is 5.92 Å². The van der Waals surface area contributed by atoms with Crippen molar-refractivity contribution in [3.63, 3.8) is 0 Å². The van der Waals surface area contributed by atoms with E-state index in [1.807, 2.05) is 23.1 Å². The van der Waals surface area contributed by atoms with E-state index >= 15 is 0 Å². The maximum atomic E-state index is 13.1. The molecule has 0 bridgehead atoms. The summed E-state index contributed by atoms with van der Waals surface area (Å²) in [4.78, 5) is 15.2. The summed E-state index contributed by atoms with van der Waals surface area (Å²) in [5.74, 6) is 1.78. The van der Waals surface area contributed by atoms with Crippen LogP contribution in [0.3, 0.4) is 0 Å². The van der Waals surface area contributed by atoms with E-state index in [1.54, 1.807) is 12.1 Å². The molecule has 140 valence electrons. The molecule has 1 saturated carbocycles. The van der Waals surface area contributed by atoms with Crippen molar-refractivity contribution in [3.05, 3.63) is 59.4 Å². The molecule has 0 radical (unpaired) electrons. The lowest BCUT2D eigenvalue weighted by Gasteiger charge is -2.27. The quantitative estimate of drug-likeness (QED) is 0.821. The van der Waals surface area contributed by atoms with Crippen molar-refractivity contribution in [2.45, 2.75) is 31.2 Å². The van der Waals surface area contributed by atoms with Gasteiger partial charge in [0, 0.05) is 12.5 Å². The second kappa shape index (κ2) is 6.55. The Morgan fingerprint density at radius 1 is 1.00 bits per heavy atom. The zero-order chi connectivity index (χ0) is 18.4. The molecule has 1 saturated heterocycles. The second-order valence-corrected chi connectivity index (χ2v) is 7.59. The van der Waals surface area contributed by atoms with Crippen LogP contribution >= 0.6 is 0 Å². The monoisotopic (exact) mass is 367 g/mol. The maximum Gasteiger partial charge on any atom is 0.226 e. The minimum Gasteiger partial charge on any atom is -0.486 e. The fourth-order valence-electron chi connectivity index (χ4n) is 4.40. The van der Waals surface area contributed by atoms with E-state index < -0.39 is 0 Å². The number of nitrogens with zero attached hydrogens (tertiary/aromatic N) is 1. The smallest absolute Gasteiger partial charge is 0.226 e. The van der Waals surface area contributed by atoms with Crippen LogP contribution in [0, 0.1) is 11.7 Å². The predicted octanol–water partition coefficient (Wildman–Crippen LogP) is 4.06. The SMILES string of the molecule is O=C(C1CC1c1ccc(F)cc1)N1CCCC1c1ccc2c(c1)OCCO2. The second-order valence-electron chi connectivity index (χ2n) is 7.59. The van der Waals surface area contributed by atoms with Crippen LogP contribution in [-0.4, -0.2) is 30.6 Å². The first-order valence-corrected chi connectivity index (χ1v) is 9.66. The normalized spacial score (nSPS) is 26.1. The van der Waals surface area contributed by atoms with Gasteiger partial charge >= 0.3 is 0 Å². The summed E-state index contributed by atoms with van der Waals surface area (Å²) in [5.41, 5.74) is 2.17.